The van der Waals surface area contributed by atoms with E-state index >= 15 is 0 Å². The summed E-state index contributed by atoms with van der Waals surface area (Å²) in [6.45, 7) is 0. The third kappa shape index (κ3) is 4.17. The Morgan fingerprint density at radius 1 is 0.667 bits per heavy atom. The van der Waals surface area contributed by atoms with E-state index in [1.165, 1.54) is 0 Å². The van der Waals surface area contributed by atoms with Crippen LogP contribution < -0.4 is 0 Å². The molecule has 1 heterocycles. The van der Waals surface area contributed by atoms with Gasteiger partial charge in [-0.1, -0.05) is 30.3 Å². The van der Waals surface area contributed by atoms with Crippen LogP contribution >= 0.6 is 0 Å². The predicted octanol–water partition coefficient (Wildman–Crippen LogP) is 1.96. The number of aromatic nitrogens is 2. The van der Waals surface area contributed by atoms with Gasteiger partial charge < -0.3 is 0 Å². The summed E-state index contributed by atoms with van der Waals surface area (Å²) in [7, 11) is 0. The molecule has 59 valence electrons. The molecule has 1 radical (unpaired) electrons. The van der Waals surface area contributed by atoms with Gasteiger partial charge in [0.15, 0.2) is 0 Å². The SMILES string of the molecule is [c]1ccccc1.c1cnccn1. The van der Waals surface area contributed by atoms with E-state index in [4.69, 9.17) is 0 Å². The van der Waals surface area contributed by atoms with Crippen LogP contribution in [0.4, 0.5) is 0 Å². The molecule has 0 bridgehead atoms. The van der Waals surface area contributed by atoms with Crippen LogP contribution in [-0.2, 0) is 0 Å². The average molecular weight is 157 g/mol. The lowest BCUT2D eigenvalue weighted by atomic mass is 10.4. The minimum atomic E-state index is 1.64. The molecule has 0 amide bonds. The zero-order valence-electron chi connectivity index (χ0n) is 6.59. The molecule has 12 heavy (non-hydrogen) atoms. The van der Waals surface area contributed by atoms with Gasteiger partial charge in [0, 0.05) is 24.8 Å². The van der Waals surface area contributed by atoms with E-state index in [0.717, 1.165) is 0 Å². The van der Waals surface area contributed by atoms with E-state index in [1.807, 2.05) is 30.3 Å². The van der Waals surface area contributed by atoms with Crippen LogP contribution in [0.15, 0.2) is 55.1 Å². The lowest BCUT2D eigenvalue weighted by Crippen LogP contribution is -1.66. The Bertz CT molecular complexity index is 183. The second-order valence-electron chi connectivity index (χ2n) is 1.97. The highest BCUT2D eigenvalue weighted by atomic mass is 14.7. The molecule has 1 aromatic carbocycles. The molecule has 0 atom stereocenters. The lowest BCUT2D eigenvalue weighted by Gasteiger charge is -1.70. The van der Waals surface area contributed by atoms with E-state index in [-0.39, 0.29) is 0 Å². The molecule has 0 aliphatic carbocycles. The standard InChI is InChI=1S/C6H5.C4H4N2/c1-2-4-6-5-3-1;1-2-6-4-3-5-1/h1-5H;1-4H. The zero-order chi connectivity index (χ0) is 8.49. The minimum absolute atomic E-state index is 1.64. The first-order chi connectivity index (χ1) is 6.00. The molecule has 0 aliphatic rings. The van der Waals surface area contributed by atoms with Crippen LogP contribution in [0.25, 0.3) is 0 Å². The number of nitrogens with zero attached hydrogens (tertiary/aromatic N) is 2. The first-order valence-electron chi connectivity index (χ1n) is 3.61. The summed E-state index contributed by atoms with van der Waals surface area (Å²) in [5.41, 5.74) is 0. The topological polar surface area (TPSA) is 25.8 Å². The van der Waals surface area contributed by atoms with E-state index in [2.05, 4.69) is 16.0 Å². The molecular formula is C10H9N2. The van der Waals surface area contributed by atoms with Crippen LogP contribution in [0.1, 0.15) is 0 Å². The van der Waals surface area contributed by atoms with Gasteiger partial charge in [0.2, 0.25) is 0 Å². The fourth-order valence-electron chi connectivity index (χ4n) is 0.595. The molecule has 0 spiro atoms. The zero-order valence-corrected chi connectivity index (χ0v) is 6.59. The summed E-state index contributed by atoms with van der Waals surface area (Å²) in [5.74, 6) is 0. The van der Waals surface area contributed by atoms with Gasteiger partial charge >= 0.3 is 0 Å². The minimum Gasteiger partial charge on any atom is -0.262 e. The molecule has 2 rings (SSSR count). The highest BCUT2D eigenvalue weighted by Gasteiger charge is 1.59. The Morgan fingerprint density at radius 3 is 1.33 bits per heavy atom. The Labute approximate surface area is 71.9 Å². The van der Waals surface area contributed by atoms with Crippen LogP contribution in [-0.4, -0.2) is 9.97 Å². The molecule has 0 fully saturated rings. The van der Waals surface area contributed by atoms with Gasteiger partial charge in [-0.05, 0) is 6.07 Å². The van der Waals surface area contributed by atoms with Gasteiger partial charge in [0.1, 0.15) is 0 Å². The first-order valence-corrected chi connectivity index (χ1v) is 3.61. The van der Waals surface area contributed by atoms with Crippen molar-refractivity contribution >= 4 is 0 Å². The monoisotopic (exact) mass is 157 g/mol. The second kappa shape index (κ2) is 6.04. The quantitative estimate of drug-likeness (QED) is 0.584. The Kier molecular flexibility index (Phi) is 4.23. The molecule has 0 unspecified atom stereocenters. The van der Waals surface area contributed by atoms with Crippen molar-refractivity contribution in [3.63, 3.8) is 0 Å². The first kappa shape index (κ1) is 8.40. The summed E-state index contributed by atoms with van der Waals surface area (Å²) in [6.07, 6.45) is 6.56. The van der Waals surface area contributed by atoms with Gasteiger partial charge in [-0.15, -0.1) is 0 Å². The van der Waals surface area contributed by atoms with Gasteiger partial charge in [-0.25, -0.2) is 0 Å². The van der Waals surface area contributed by atoms with Crippen LogP contribution in [0.5, 0.6) is 0 Å². The second-order valence-corrected chi connectivity index (χ2v) is 1.97. The molecule has 0 saturated carbocycles. The van der Waals surface area contributed by atoms with Crippen molar-refractivity contribution in [2.45, 2.75) is 0 Å². The Balaban J connectivity index is 0.000000120. The number of benzene rings is 1. The highest BCUT2D eigenvalue weighted by Crippen LogP contribution is 1.78. The van der Waals surface area contributed by atoms with E-state index in [9.17, 15) is 0 Å². The van der Waals surface area contributed by atoms with Crippen molar-refractivity contribution in [2.75, 3.05) is 0 Å². The maximum atomic E-state index is 3.72. The third-order valence-electron chi connectivity index (χ3n) is 1.08. The van der Waals surface area contributed by atoms with Gasteiger partial charge in [0.25, 0.3) is 0 Å². The Morgan fingerprint density at radius 2 is 1.17 bits per heavy atom. The van der Waals surface area contributed by atoms with Crippen LogP contribution in [0, 0.1) is 6.07 Å². The number of hydrogen-bond acceptors (Lipinski definition) is 2. The molecule has 2 heteroatoms. The lowest BCUT2D eigenvalue weighted by molar-refractivity contribution is 1.20. The molecule has 0 aliphatic heterocycles. The molecular weight excluding hydrogens is 148 g/mol. The van der Waals surface area contributed by atoms with Crippen molar-refractivity contribution < 1.29 is 0 Å². The van der Waals surface area contributed by atoms with E-state index < -0.39 is 0 Å². The molecule has 0 saturated heterocycles. The molecule has 2 aromatic rings. The smallest absolute Gasteiger partial charge is 0.0451 e. The van der Waals surface area contributed by atoms with Crippen molar-refractivity contribution in [3.8, 4) is 0 Å². The number of rotatable bonds is 0. The van der Waals surface area contributed by atoms with Crippen molar-refractivity contribution in [3.05, 3.63) is 61.2 Å². The Hall–Kier alpha value is -1.70. The predicted molar refractivity (Wildman–Crippen MR) is 47.3 cm³/mol. The van der Waals surface area contributed by atoms with Crippen molar-refractivity contribution in [1.29, 1.82) is 0 Å². The molecule has 1 aromatic heterocycles. The van der Waals surface area contributed by atoms with Crippen LogP contribution in [0.2, 0.25) is 0 Å². The largest absolute Gasteiger partial charge is 0.262 e. The van der Waals surface area contributed by atoms with E-state index in [0.29, 0.717) is 0 Å². The average Bonchev–Trinajstić information content (AvgIpc) is 2.24. The number of hydrogen-bond donors (Lipinski definition) is 0. The van der Waals surface area contributed by atoms with Gasteiger partial charge in [-0.3, -0.25) is 9.97 Å². The molecule has 2 nitrogen and oxygen atoms in total. The normalized spacial score (nSPS) is 8.00. The highest BCUT2D eigenvalue weighted by molar-refractivity contribution is 4.97. The van der Waals surface area contributed by atoms with Gasteiger partial charge in [-0.2, -0.15) is 0 Å². The maximum absolute atomic E-state index is 3.72. The van der Waals surface area contributed by atoms with Gasteiger partial charge in [0.05, 0.1) is 0 Å². The fraction of sp³-hybridized carbons (Fsp3) is 0. The summed E-state index contributed by atoms with van der Waals surface area (Å²) in [6, 6.07) is 12.5. The summed E-state index contributed by atoms with van der Waals surface area (Å²) in [4.78, 5) is 7.44. The summed E-state index contributed by atoms with van der Waals surface area (Å²) in [5, 5.41) is 0. The third-order valence-corrected chi connectivity index (χ3v) is 1.08. The van der Waals surface area contributed by atoms with Crippen molar-refractivity contribution in [2.24, 2.45) is 0 Å². The van der Waals surface area contributed by atoms with Crippen molar-refractivity contribution in [1.82, 2.24) is 9.97 Å². The van der Waals surface area contributed by atoms with E-state index in [1.54, 1.807) is 24.8 Å². The fourth-order valence-corrected chi connectivity index (χ4v) is 0.595. The molecule has 0 N–H and O–H groups in total. The maximum Gasteiger partial charge on any atom is 0.0451 e. The summed E-state index contributed by atoms with van der Waals surface area (Å²) >= 11 is 0. The summed E-state index contributed by atoms with van der Waals surface area (Å²) < 4.78 is 0. The van der Waals surface area contributed by atoms with Crippen LogP contribution in [0.3, 0.4) is 0 Å².